The first kappa shape index (κ1) is 15.2. The Morgan fingerprint density at radius 3 is 1.78 bits per heavy atom. The molecule has 0 radical (unpaired) electrons. The Labute approximate surface area is 136 Å². The van der Waals surface area contributed by atoms with E-state index in [0.29, 0.717) is 16.7 Å². The monoisotopic (exact) mass is 302 g/mol. The van der Waals surface area contributed by atoms with E-state index in [2.05, 4.69) is 0 Å². The Bertz CT molecular complexity index is 792. The summed E-state index contributed by atoms with van der Waals surface area (Å²) in [5.41, 5.74) is 1.01. The highest BCUT2D eigenvalue weighted by Crippen LogP contribution is 2.33. The molecule has 23 heavy (non-hydrogen) atoms. The van der Waals surface area contributed by atoms with Gasteiger partial charge in [-0.2, -0.15) is 0 Å². The molecule has 3 aromatic carbocycles. The lowest BCUT2D eigenvalue weighted by molar-refractivity contribution is 0.0488. The predicted molar refractivity (Wildman–Crippen MR) is 91.4 cm³/mol. The van der Waals surface area contributed by atoms with E-state index in [4.69, 9.17) is 0 Å². The third-order valence-corrected chi connectivity index (χ3v) is 4.03. The molecule has 3 aromatic rings. The molecular weight excluding hydrogens is 284 g/mol. The summed E-state index contributed by atoms with van der Waals surface area (Å²) in [6.45, 7) is 1.98. The van der Waals surface area contributed by atoms with Gasteiger partial charge in [-0.05, 0) is 18.1 Å². The minimum Gasteiger partial charge on any atom is -0.373 e. The van der Waals surface area contributed by atoms with Crippen LogP contribution in [0.3, 0.4) is 0 Å². The summed E-state index contributed by atoms with van der Waals surface area (Å²) in [7, 11) is 0. The summed E-state index contributed by atoms with van der Waals surface area (Å²) in [4.78, 5) is 13.1. The second kappa shape index (κ2) is 6.19. The maximum absolute atomic E-state index is 13.1. The molecule has 0 heterocycles. The number of hydrogen-bond acceptors (Lipinski definition) is 2. The van der Waals surface area contributed by atoms with Crippen molar-refractivity contribution in [3.63, 3.8) is 0 Å². The zero-order valence-corrected chi connectivity index (χ0v) is 12.9. The molecule has 0 aromatic heterocycles. The molecular formula is C21H18O2. The molecule has 0 amide bonds. The van der Waals surface area contributed by atoms with E-state index in [1.54, 1.807) is 36.4 Å². The van der Waals surface area contributed by atoms with Crippen molar-refractivity contribution >= 4 is 5.78 Å². The van der Waals surface area contributed by atoms with Gasteiger partial charge in [0.05, 0.1) is 0 Å². The SMILES string of the molecule is Cc1ccc(C(O)(C(=O)c2ccccc2)c2ccccc2)cc1. The molecule has 114 valence electrons. The van der Waals surface area contributed by atoms with Gasteiger partial charge in [0.1, 0.15) is 0 Å². The first-order valence-electron chi connectivity index (χ1n) is 7.57. The first-order valence-corrected chi connectivity index (χ1v) is 7.57. The molecule has 1 atom stereocenters. The van der Waals surface area contributed by atoms with Gasteiger partial charge in [0.2, 0.25) is 5.78 Å². The van der Waals surface area contributed by atoms with Crippen LogP contribution in [0.5, 0.6) is 0 Å². The number of carbonyl (C=O) groups is 1. The van der Waals surface area contributed by atoms with Gasteiger partial charge in [0, 0.05) is 5.56 Å². The van der Waals surface area contributed by atoms with Gasteiger partial charge in [-0.25, -0.2) is 0 Å². The van der Waals surface area contributed by atoms with Gasteiger partial charge in [0.15, 0.2) is 5.60 Å². The molecule has 0 aliphatic heterocycles. The van der Waals surface area contributed by atoms with Crippen LogP contribution in [0.2, 0.25) is 0 Å². The Hall–Kier alpha value is -2.71. The zero-order chi connectivity index (χ0) is 16.3. The fraction of sp³-hybridized carbons (Fsp3) is 0.0952. The summed E-state index contributed by atoms with van der Waals surface area (Å²) >= 11 is 0. The van der Waals surface area contributed by atoms with Crippen molar-refractivity contribution in [2.24, 2.45) is 0 Å². The standard InChI is InChI=1S/C21H18O2/c1-16-12-14-19(15-13-16)21(23,18-10-6-3-7-11-18)20(22)17-8-4-2-5-9-17/h2-15,23H,1H3. The molecule has 0 spiro atoms. The molecule has 0 saturated heterocycles. The first-order chi connectivity index (χ1) is 11.1. The minimum atomic E-state index is -1.70. The highest BCUT2D eigenvalue weighted by atomic mass is 16.3. The Morgan fingerprint density at radius 1 is 0.739 bits per heavy atom. The number of Topliss-reactive ketones (excluding diaryl/α,β-unsaturated/α-hetero) is 1. The average Bonchev–Trinajstić information content (AvgIpc) is 2.62. The summed E-state index contributed by atoms with van der Waals surface area (Å²) in [6.07, 6.45) is 0. The van der Waals surface area contributed by atoms with E-state index >= 15 is 0 Å². The Kier molecular flexibility index (Phi) is 4.09. The Balaban J connectivity index is 2.18. The van der Waals surface area contributed by atoms with Gasteiger partial charge >= 0.3 is 0 Å². The van der Waals surface area contributed by atoms with Crippen molar-refractivity contribution in [2.75, 3.05) is 0 Å². The van der Waals surface area contributed by atoms with Crippen molar-refractivity contribution in [1.82, 2.24) is 0 Å². The van der Waals surface area contributed by atoms with Crippen molar-refractivity contribution in [3.8, 4) is 0 Å². The summed E-state index contributed by atoms with van der Waals surface area (Å²) in [5.74, 6) is -0.326. The summed E-state index contributed by atoms with van der Waals surface area (Å²) in [6, 6.07) is 25.4. The summed E-state index contributed by atoms with van der Waals surface area (Å²) < 4.78 is 0. The van der Waals surface area contributed by atoms with E-state index in [1.807, 2.05) is 55.5 Å². The number of aliphatic hydroxyl groups is 1. The molecule has 1 unspecified atom stereocenters. The molecule has 3 rings (SSSR count). The third kappa shape index (κ3) is 2.81. The number of benzene rings is 3. The number of aryl methyl sites for hydroxylation is 1. The maximum atomic E-state index is 13.1. The molecule has 0 bridgehead atoms. The van der Waals surface area contributed by atoms with Crippen LogP contribution in [-0.4, -0.2) is 10.9 Å². The van der Waals surface area contributed by atoms with Crippen LogP contribution < -0.4 is 0 Å². The second-order valence-corrected chi connectivity index (χ2v) is 5.64. The van der Waals surface area contributed by atoms with Crippen molar-refractivity contribution < 1.29 is 9.90 Å². The van der Waals surface area contributed by atoms with Crippen molar-refractivity contribution in [2.45, 2.75) is 12.5 Å². The number of rotatable bonds is 4. The van der Waals surface area contributed by atoms with E-state index in [0.717, 1.165) is 5.56 Å². The van der Waals surface area contributed by atoms with Gasteiger partial charge in [-0.15, -0.1) is 0 Å². The molecule has 0 fully saturated rings. The van der Waals surface area contributed by atoms with Gasteiger partial charge in [0.25, 0.3) is 0 Å². The largest absolute Gasteiger partial charge is 0.373 e. The molecule has 2 heteroatoms. The van der Waals surface area contributed by atoms with E-state index in [9.17, 15) is 9.90 Å². The molecule has 1 N–H and O–H groups in total. The van der Waals surface area contributed by atoms with Crippen LogP contribution in [0.15, 0.2) is 84.9 Å². The predicted octanol–water partition coefficient (Wildman–Crippen LogP) is 4.11. The van der Waals surface area contributed by atoms with Gasteiger partial charge in [-0.3, -0.25) is 4.79 Å². The number of ketones is 1. The van der Waals surface area contributed by atoms with Crippen LogP contribution >= 0.6 is 0 Å². The fourth-order valence-electron chi connectivity index (χ4n) is 2.70. The van der Waals surface area contributed by atoms with E-state index in [1.165, 1.54) is 0 Å². The van der Waals surface area contributed by atoms with Crippen LogP contribution in [0, 0.1) is 6.92 Å². The smallest absolute Gasteiger partial charge is 0.203 e. The minimum absolute atomic E-state index is 0.326. The normalized spacial score (nSPS) is 13.3. The van der Waals surface area contributed by atoms with Crippen LogP contribution in [0.25, 0.3) is 0 Å². The zero-order valence-electron chi connectivity index (χ0n) is 12.9. The number of carbonyl (C=O) groups excluding carboxylic acids is 1. The van der Waals surface area contributed by atoms with Gasteiger partial charge < -0.3 is 5.11 Å². The lowest BCUT2D eigenvalue weighted by atomic mass is 9.80. The molecule has 2 nitrogen and oxygen atoms in total. The maximum Gasteiger partial charge on any atom is 0.203 e. The van der Waals surface area contributed by atoms with E-state index < -0.39 is 5.60 Å². The lowest BCUT2D eigenvalue weighted by Crippen LogP contribution is -2.37. The van der Waals surface area contributed by atoms with Crippen LogP contribution in [-0.2, 0) is 5.60 Å². The van der Waals surface area contributed by atoms with Crippen molar-refractivity contribution in [1.29, 1.82) is 0 Å². The number of hydrogen-bond donors (Lipinski definition) is 1. The quantitative estimate of drug-likeness (QED) is 0.736. The fourth-order valence-corrected chi connectivity index (χ4v) is 2.70. The highest BCUT2D eigenvalue weighted by Gasteiger charge is 2.40. The van der Waals surface area contributed by atoms with Crippen LogP contribution in [0.1, 0.15) is 27.0 Å². The highest BCUT2D eigenvalue weighted by molar-refractivity contribution is 6.05. The molecule has 0 aliphatic rings. The molecule has 0 saturated carbocycles. The topological polar surface area (TPSA) is 37.3 Å². The summed E-state index contributed by atoms with van der Waals surface area (Å²) in [5, 5.41) is 11.4. The third-order valence-electron chi connectivity index (χ3n) is 4.03. The Morgan fingerprint density at radius 2 is 1.22 bits per heavy atom. The van der Waals surface area contributed by atoms with E-state index in [-0.39, 0.29) is 5.78 Å². The second-order valence-electron chi connectivity index (χ2n) is 5.64. The van der Waals surface area contributed by atoms with Crippen LogP contribution in [0.4, 0.5) is 0 Å². The average molecular weight is 302 g/mol. The van der Waals surface area contributed by atoms with Crippen molar-refractivity contribution in [3.05, 3.63) is 107 Å². The lowest BCUT2D eigenvalue weighted by Gasteiger charge is -2.28. The van der Waals surface area contributed by atoms with Gasteiger partial charge in [-0.1, -0.05) is 90.5 Å². The molecule has 0 aliphatic carbocycles.